The quantitative estimate of drug-likeness (QED) is 0.922. The summed E-state index contributed by atoms with van der Waals surface area (Å²) in [4.78, 5) is 24.5. The average Bonchev–Trinajstić information content (AvgIpc) is 3.01. The number of likely N-dealkylation sites (tertiary alicyclic amines) is 1. The number of carbonyl (C=O) groups is 2. The van der Waals surface area contributed by atoms with Crippen LogP contribution in [-0.2, 0) is 4.79 Å². The van der Waals surface area contributed by atoms with Crippen molar-refractivity contribution in [3.05, 3.63) is 23.2 Å². The fraction of sp³-hybridized carbons (Fsp3) is 0.600. The number of hydrogen-bond donors (Lipinski definition) is 1. The van der Waals surface area contributed by atoms with Crippen LogP contribution in [-0.4, -0.2) is 41.1 Å². The van der Waals surface area contributed by atoms with Gasteiger partial charge in [0.1, 0.15) is 11.5 Å². The van der Waals surface area contributed by atoms with E-state index in [1.807, 2.05) is 13.8 Å². The monoisotopic (exact) mass is 333 g/mol. The van der Waals surface area contributed by atoms with E-state index in [4.69, 9.17) is 9.52 Å². The molecule has 0 saturated carbocycles. The molecule has 1 saturated heterocycles. The molecule has 1 N–H and O–H groups in total. The number of aryl methyl sites for hydroxylation is 1. The zero-order chi connectivity index (χ0) is 17.6. The normalized spacial score (nSPS) is 22.0. The smallest absolute Gasteiger partial charge is 0.406 e. The molecule has 0 aliphatic carbocycles. The van der Waals surface area contributed by atoms with Crippen molar-refractivity contribution in [3.8, 4) is 0 Å². The van der Waals surface area contributed by atoms with Crippen LogP contribution < -0.4 is 0 Å². The largest absolute Gasteiger partial charge is 0.481 e. The lowest BCUT2D eigenvalue weighted by Crippen LogP contribution is -2.47. The number of nitrogens with zero attached hydrogens (tertiary/aromatic N) is 1. The van der Waals surface area contributed by atoms with E-state index in [1.165, 1.54) is 6.07 Å². The first kappa shape index (κ1) is 17.4. The number of carboxylic acids is 1. The van der Waals surface area contributed by atoms with Gasteiger partial charge in [-0.1, -0.05) is 13.8 Å². The lowest BCUT2D eigenvalue weighted by Gasteiger charge is -2.27. The van der Waals surface area contributed by atoms with Crippen molar-refractivity contribution >= 4 is 11.9 Å². The number of halogens is 3. The summed E-state index contributed by atoms with van der Waals surface area (Å²) in [6, 6.07) is 1.51. The second-order valence-electron chi connectivity index (χ2n) is 6.14. The van der Waals surface area contributed by atoms with E-state index in [1.54, 1.807) is 6.92 Å². The minimum atomic E-state index is -4.91. The number of furan rings is 1. The molecule has 8 heteroatoms. The Labute approximate surface area is 131 Å². The molecule has 1 fully saturated rings. The Hall–Kier alpha value is -1.99. The molecule has 128 valence electrons. The molecule has 0 radical (unpaired) electrons. The number of amides is 1. The fourth-order valence-corrected chi connectivity index (χ4v) is 2.68. The van der Waals surface area contributed by atoms with Crippen LogP contribution in [0, 0.1) is 12.3 Å². The van der Waals surface area contributed by atoms with Gasteiger partial charge in [-0.3, -0.25) is 9.59 Å². The van der Waals surface area contributed by atoms with Gasteiger partial charge in [-0.25, -0.2) is 0 Å². The average molecular weight is 333 g/mol. The highest BCUT2D eigenvalue weighted by Gasteiger charge is 2.64. The van der Waals surface area contributed by atoms with Gasteiger partial charge in [-0.2, -0.15) is 13.2 Å². The first-order valence-corrected chi connectivity index (χ1v) is 7.19. The maximum Gasteiger partial charge on any atom is 0.406 e. The minimum absolute atomic E-state index is 0.0297. The molecule has 1 unspecified atom stereocenters. The third-order valence-electron chi connectivity index (χ3n) is 4.24. The maximum atomic E-state index is 13.2. The van der Waals surface area contributed by atoms with Crippen molar-refractivity contribution in [2.45, 2.75) is 39.3 Å². The van der Waals surface area contributed by atoms with E-state index in [-0.39, 0.29) is 18.0 Å². The predicted molar refractivity (Wildman–Crippen MR) is 74.2 cm³/mol. The predicted octanol–water partition coefficient (Wildman–Crippen LogP) is 3.19. The van der Waals surface area contributed by atoms with E-state index >= 15 is 0 Å². The molecule has 1 atom stereocenters. The van der Waals surface area contributed by atoms with E-state index in [0.717, 1.165) is 4.90 Å². The van der Waals surface area contributed by atoms with E-state index in [2.05, 4.69) is 0 Å². The molecular weight excluding hydrogens is 315 g/mol. The number of rotatable bonds is 3. The standard InChI is InChI=1S/C15H18F3NO4/c1-8(2)11-6-10(9(3)23-11)12(20)19-5-4-14(7-19,13(21)22)15(16,17)18/h6,8H,4-5,7H2,1-3H3,(H,21,22). The van der Waals surface area contributed by atoms with Gasteiger partial charge in [0.15, 0.2) is 5.41 Å². The summed E-state index contributed by atoms with van der Waals surface area (Å²) >= 11 is 0. The third kappa shape index (κ3) is 2.82. The number of hydrogen-bond acceptors (Lipinski definition) is 3. The molecule has 1 aliphatic rings. The topological polar surface area (TPSA) is 70.8 Å². The van der Waals surface area contributed by atoms with Gasteiger partial charge >= 0.3 is 12.1 Å². The SMILES string of the molecule is Cc1oc(C(C)C)cc1C(=O)N1CCC(C(=O)O)(C(F)(F)F)C1. The maximum absolute atomic E-state index is 13.2. The molecule has 1 aromatic rings. The summed E-state index contributed by atoms with van der Waals surface area (Å²) < 4.78 is 44.9. The fourth-order valence-electron chi connectivity index (χ4n) is 2.68. The molecule has 1 aliphatic heterocycles. The molecule has 2 rings (SSSR count). The molecule has 23 heavy (non-hydrogen) atoms. The van der Waals surface area contributed by atoms with Crippen LogP contribution in [0.3, 0.4) is 0 Å². The van der Waals surface area contributed by atoms with Gasteiger partial charge in [0.05, 0.1) is 5.56 Å². The van der Waals surface area contributed by atoms with Crippen molar-refractivity contribution in [2.75, 3.05) is 13.1 Å². The molecule has 0 bridgehead atoms. The Morgan fingerprint density at radius 2 is 2.00 bits per heavy atom. The van der Waals surface area contributed by atoms with Crippen molar-refractivity contribution in [1.82, 2.24) is 4.90 Å². The number of carboxylic acid groups (broad SMARTS) is 1. The van der Waals surface area contributed by atoms with Gasteiger partial charge in [0.2, 0.25) is 0 Å². The highest BCUT2D eigenvalue weighted by Crippen LogP contribution is 2.46. The Balaban J connectivity index is 2.28. The van der Waals surface area contributed by atoms with Gasteiger partial charge < -0.3 is 14.4 Å². The van der Waals surface area contributed by atoms with Crippen molar-refractivity contribution in [3.63, 3.8) is 0 Å². The number of carbonyl (C=O) groups excluding carboxylic acids is 1. The summed E-state index contributed by atoms with van der Waals surface area (Å²) in [7, 11) is 0. The van der Waals surface area contributed by atoms with Crippen LogP contribution in [0.25, 0.3) is 0 Å². The summed E-state index contributed by atoms with van der Waals surface area (Å²) in [6.07, 6.45) is -5.56. The van der Waals surface area contributed by atoms with Crippen LogP contribution in [0.5, 0.6) is 0 Å². The van der Waals surface area contributed by atoms with Crippen LogP contribution in [0.4, 0.5) is 13.2 Å². The van der Waals surface area contributed by atoms with E-state index in [9.17, 15) is 22.8 Å². The number of aliphatic carboxylic acids is 1. The van der Waals surface area contributed by atoms with Crippen LogP contribution in [0.2, 0.25) is 0 Å². The second kappa shape index (κ2) is 5.58. The van der Waals surface area contributed by atoms with Gasteiger partial charge in [0.25, 0.3) is 5.91 Å². The van der Waals surface area contributed by atoms with Crippen LogP contribution in [0.15, 0.2) is 10.5 Å². The van der Waals surface area contributed by atoms with Crippen molar-refractivity contribution in [2.24, 2.45) is 5.41 Å². The molecule has 1 aromatic heterocycles. The highest BCUT2D eigenvalue weighted by molar-refractivity contribution is 5.96. The lowest BCUT2D eigenvalue weighted by molar-refractivity contribution is -0.227. The lowest BCUT2D eigenvalue weighted by atomic mass is 9.86. The van der Waals surface area contributed by atoms with Crippen molar-refractivity contribution in [1.29, 1.82) is 0 Å². The highest BCUT2D eigenvalue weighted by atomic mass is 19.4. The third-order valence-corrected chi connectivity index (χ3v) is 4.24. The molecule has 2 heterocycles. The summed E-state index contributed by atoms with van der Waals surface area (Å²) in [5.74, 6) is -1.68. The summed E-state index contributed by atoms with van der Waals surface area (Å²) in [5.41, 5.74) is -2.72. The molecule has 5 nitrogen and oxygen atoms in total. The molecule has 0 aromatic carbocycles. The van der Waals surface area contributed by atoms with E-state index in [0.29, 0.717) is 11.5 Å². The Bertz CT molecular complexity index is 635. The van der Waals surface area contributed by atoms with Gasteiger partial charge in [-0.15, -0.1) is 0 Å². The van der Waals surface area contributed by atoms with Crippen LogP contribution in [0.1, 0.15) is 48.1 Å². The summed E-state index contributed by atoms with van der Waals surface area (Å²) in [5, 5.41) is 9.02. The molecule has 1 amide bonds. The second-order valence-corrected chi connectivity index (χ2v) is 6.14. The number of alkyl halides is 3. The summed E-state index contributed by atoms with van der Waals surface area (Å²) in [6.45, 7) is 4.14. The molecule has 0 spiro atoms. The first-order valence-electron chi connectivity index (χ1n) is 7.19. The Kier molecular flexibility index (Phi) is 4.21. The molecular formula is C15H18F3NO4. The zero-order valence-corrected chi connectivity index (χ0v) is 13.0. The Morgan fingerprint density at radius 1 is 1.39 bits per heavy atom. The first-order chi connectivity index (χ1) is 10.5. The van der Waals surface area contributed by atoms with Crippen molar-refractivity contribution < 1.29 is 32.3 Å². The Morgan fingerprint density at radius 3 is 2.39 bits per heavy atom. The van der Waals surface area contributed by atoms with Gasteiger partial charge in [0, 0.05) is 19.0 Å². The van der Waals surface area contributed by atoms with Gasteiger partial charge in [-0.05, 0) is 19.4 Å². The zero-order valence-electron chi connectivity index (χ0n) is 13.0. The van der Waals surface area contributed by atoms with E-state index < -0.39 is 36.4 Å². The minimum Gasteiger partial charge on any atom is -0.481 e. The van der Waals surface area contributed by atoms with Crippen LogP contribution >= 0.6 is 0 Å².